The Morgan fingerprint density at radius 1 is 1.56 bits per heavy atom. The van der Waals surface area contributed by atoms with Crippen molar-refractivity contribution in [3.8, 4) is 5.75 Å². The van der Waals surface area contributed by atoms with E-state index in [9.17, 15) is 4.79 Å². The number of rotatable bonds is 6. The van der Waals surface area contributed by atoms with Crippen molar-refractivity contribution in [1.29, 1.82) is 0 Å². The predicted octanol–water partition coefficient (Wildman–Crippen LogP) is 2.10. The van der Waals surface area contributed by atoms with Gasteiger partial charge in [0.25, 0.3) is 0 Å². The van der Waals surface area contributed by atoms with Gasteiger partial charge in [0.1, 0.15) is 5.56 Å². The van der Waals surface area contributed by atoms with Crippen LogP contribution in [0, 0.1) is 0 Å². The minimum atomic E-state index is -1.02. The molecule has 0 unspecified atom stereocenters. The second kappa shape index (κ2) is 6.27. The molecule has 88 valence electrons. The van der Waals surface area contributed by atoms with Gasteiger partial charge in [0, 0.05) is 0 Å². The first-order valence-corrected chi connectivity index (χ1v) is 6.29. The summed E-state index contributed by atoms with van der Waals surface area (Å²) in [5.41, 5.74) is 6.16. The minimum Gasteiger partial charge on any atom is -0.490 e. The van der Waals surface area contributed by atoms with Gasteiger partial charge in [-0.3, -0.25) is 0 Å². The second-order valence-corrected chi connectivity index (χ2v) is 4.21. The summed E-state index contributed by atoms with van der Waals surface area (Å²) in [5.74, 6) is 0.234. The number of carboxylic acid groups (broad SMARTS) is 1. The van der Waals surface area contributed by atoms with Crippen LogP contribution in [0.4, 0.5) is 5.69 Å². The van der Waals surface area contributed by atoms with E-state index in [1.165, 1.54) is 6.07 Å². The highest BCUT2D eigenvalue weighted by Crippen LogP contribution is 2.26. The van der Waals surface area contributed by atoms with Crippen molar-refractivity contribution in [2.45, 2.75) is 6.42 Å². The summed E-state index contributed by atoms with van der Waals surface area (Å²) in [7, 11) is 0. The average Bonchev–Trinajstić information content (AvgIpc) is 2.25. The highest BCUT2D eigenvalue weighted by atomic mass is 32.2. The van der Waals surface area contributed by atoms with Gasteiger partial charge in [0.05, 0.1) is 12.3 Å². The Hall–Kier alpha value is -1.36. The van der Waals surface area contributed by atoms with Crippen LogP contribution in [-0.2, 0) is 0 Å². The molecule has 1 rings (SSSR count). The molecule has 5 heteroatoms. The average molecular weight is 241 g/mol. The van der Waals surface area contributed by atoms with Crippen LogP contribution in [0.2, 0.25) is 0 Å². The van der Waals surface area contributed by atoms with Gasteiger partial charge in [-0.05, 0) is 30.6 Å². The molecular formula is C11H15NO3S. The molecule has 16 heavy (non-hydrogen) atoms. The third-order valence-electron chi connectivity index (χ3n) is 2.02. The fraction of sp³-hybridized carbons (Fsp3) is 0.364. The Morgan fingerprint density at radius 3 is 2.94 bits per heavy atom. The van der Waals surface area contributed by atoms with Crippen LogP contribution in [0.15, 0.2) is 18.2 Å². The van der Waals surface area contributed by atoms with E-state index in [4.69, 9.17) is 15.6 Å². The third-order valence-corrected chi connectivity index (χ3v) is 2.71. The molecule has 0 aliphatic heterocycles. The lowest BCUT2D eigenvalue weighted by molar-refractivity contribution is 0.0692. The van der Waals surface area contributed by atoms with E-state index in [1.807, 2.05) is 6.26 Å². The molecule has 3 N–H and O–H groups in total. The number of carbonyl (C=O) groups is 1. The van der Waals surface area contributed by atoms with Crippen molar-refractivity contribution < 1.29 is 14.6 Å². The molecule has 0 spiro atoms. The lowest BCUT2D eigenvalue weighted by Gasteiger charge is -2.11. The Balaban J connectivity index is 2.73. The molecule has 1 aromatic rings. The summed E-state index contributed by atoms with van der Waals surface area (Å²) in [6, 6.07) is 4.73. The number of nitrogens with two attached hydrogens (primary N) is 1. The van der Waals surface area contributed by atoms with Gasteiger partial charge in [-0.25, -0.2) is 4.79 Å². The van der Waals surface area contributed by atoms with Crippen LogP contribution in [-0.4, -0.2) is 29.7 Å². The van der Waals surface area contributed by atoms with Crippen LogP contribution in [0.25, 0.3) is 0 Å². The topological polar surface area (TPSA) is 72.5 Å². The van der Waals surface area contributed by atoms with E-state index in [-0.39, 0.29) is 11.3 Å². The summed E-state index contributed by atoms with van der Waals surface area (Å²) in [4.78, 5) is 10.9. The van der Waals surface area contributed by atoms with E-state index in [0.717, 1.165) is 12.2 Å². The Kier molecular flexibility index (Phi) is 4.98. The number of aromatic carboxylic acids is 1. The van der Waals surface area contributed by atoms with Crippen molar-refractivity contribution in [2.24, 2.45) is 0 Å². The van der Waals surface area contributed by atoms with Gasteiger partial charge in [0.2, 0.25) is 0 Å². The molecule has 0 aliphatic carbocycles. The minimum absolute atomic E-state index is 0.115. The number of nitrogen functional groups attached to an aromatic ring is 1. The second-order valence-electron chi connectivity index (χ2n) is 3.22. The number of para-hydroxylation sites is 1. The van der Waals surface area contributed by atoms with E-state index >= 15 is 0 Å². The van der Waals surface area contributed by atoms with E-state index in [1.54, 1.807) is 23.9 Å². The number of carboxylic acids is 1. The first kappa shape index (κ1) is 12.7. The lowest BCUT2D eigenvalue weighted by atomic mass is 10.2. The maximum Gasteiger partial charge on any atom is 0.339 e. The molecule has 0 aliphatic rings. The molecule has 0 aromatic heterocycles. The van der Waals surface area contributed by atoms with Crippen molar-refractivity contribution in [3.05, 3.63) is 23.8 Å². The first-order valence-electron chi connectivity index (χ1n) is 4.90. The maximum absolute atomic E-state index is 10.9. The smallest absolute Gasteiger partial charge is 0.339 e. The van der Waals surface area contributed by atoms with Gasteiger partial charge in [0.15, 0.2) is 5.75 Å². The highest BCUT2D eigenvalue weighted by Gasteiger charge is 2.13. The zero-order valence-electron chi connectivity index (χ0n) is 9.10. The Labute approximate surface area is 98.8 Å². The number of ether oxygens (including phenoxy) is 1. The molecular weight excluding hydrogens is 226 g/mol. The fourth-order valence-corrected chi connectivity index (χ4v) is 1.67. The molecule has 0 atom stereocenters. The van der Waals surface area contributed by atoms with Gasteiger partial charge < -0.3 is 15.6 Å². The van der Waals surface area contributed by atoms with Crippen LogP contribution in [0.3, 0.4) is 0 Å². The van der Waals surface area contributed by atoms with Crippen molar-refractivity contribution >= 4 is 23.4 Å². The van der Waals surface area contributed by atoms with Crippen molar-refractivity contribution in [2.75, 3.05) is 24.3 Å². The fourth-order valence-electron chi connectivity index (χ4n) is 1.26. The SMILES string of the molecule is CSCCCOc1c(N)cccc1C(=O)O. The third kappa shape index (κ3) is 3.34. The number of thioether (sulfide) groups is 1. The molecule has 0 fully saturated rings. The van der Waals surface area contributed by atoms with Gasteiger partial charge in [-0.15, -0.1) is 0 Å². The maximum atomic E-state index is 10.9. The molecule has 0 saturated heterocycles. The molecule has 0 radical (unpaired) electrons. The molecule has 4 nitrogen and oxygen atoms in total. The van der Waals surface area contributed by atoms with Gasteiger partial charge in [-0.1, -0.05) is 6.07 Å². The van der Waals surface area contributed by atoms with Crippen LogP contribution in [0.5, 0.6) is 5.75 Å². The zero-order valence-corrected chi connectivity index (χ0v) is 9.92. The largest absolute Gasteiger partial charge is 0.490 e. The van der Waals surface area contributed by atoms with E-state index in [2.05, 4.69) is 0 Å². The van der Waals surface area contributed by atoms with E-state index < -0.39 is 5.97 Å². The summed E-state index contributed by atoms with van der Waals surface area (Å²) in [6.45, 7) is 0.481. The molecule has 0 saturated carbocycles. The van der Waals surface area contributed by atoms with Crippen LogP contribution < -0.4 is 10.5 Å². The number of hydrogen-bond donors (Lipinski definition) is 2. The molecule has 0 amide bonds. The van der Waals surface area contributed by atoms with E-state index in [0.29, 0.717) is 12.3 Å². The Bertz CT molecular complexity index is 368. The van der Waals surface area contributed by atoms with Gasteiger partial charge >= 0.3 is 5.97 Å². The van der Waals surface area contributed by atoms with Crippen molar-refractivity contribution in [3.63, 3.8) is 0 Å². The van der Waals surface area contributed by atoms with Crippen LogP contribution in [0.1, 0.15) is 16.8 Å². The normalized spacial score (nSPS) is 10.1. The predicted molar refractivity (Wildman–Crippen MR) is 66.3 cm³/mol. The lowest BCUT2D eigenvalue weighted by Crippen LogP contribution is -2.07. The Morgan fingerprint density at radius 2 is 2.31 bits per heavy atom. The summed E-state index contributed by atoms with van der Waals surface area (Å²) in [5, 5.41) is 8.95. The summed E-state index contributed by atoms with van der Waals surface area (Å²) in [6.07, 6.45) is 2.88. The highest BCUT2D eigenvalue weighted by molar-refractivity contribution is 7.98. The van der Waals surface area contributed by atoms with Crippen molar-refractivity contribution in [1.82, 2.24) is 0 Å². The summed E-state index contributed by atoms with van der Waals surface area (Å²) >= 11 is 1.72. The quantitative estimate of drug-likeness (QED) is 0.589. The molecule has 0 bridgehead atoms. The monoisotopic (exact) mass is 241 g/mol. The zero-order chi connectivity index (χ0) is 12.0. The first-order chi connectivity index (χ1) is 7.66. The standard InChI is InChI=1S/C11H15NO3S/c1-16-7-3-6-15-10-8(11(13)14)4-2-5-9(10)12/h2,4-5H,3,6-7,12H2,1H3,(H,13,14). The summed E-state index contributed by atoms with van der Waals surface area (Å²) < 4.78 is 5.41. The number of benzene rings is 1. The van der Waals surface area contributed by atoms with Crippen LogP contribution >= 0.6 is 11.8 Å². The number of hydrogen-bond acceptors (Lipinski definition) is 4. The van der Waals surface area contributed by atoms with Gasteiger partial charge in [-0.2, -0.15) is 11.8 Å². The number of anilines is 1. The molecule has 0 heterocycles. The molecule has 1 aromatic carbocycles.